The van der Waals surface area contributed by atoms with Gasteiger partial charge in [-0.25, -0.2) is 9.97 Å². The molecular weight excluding hydrogens is 308 g/mol. The van der Waals surface area contributed by atoms with E-state index in [9.17, 15) is 4.79 Å². The Balaban J connectivity index is 1.92. The van der Waals surface area contributed by atoms with Crippen LogP contribution in [-0.2, 0) is 22.7 Å². The van der Waals surface area contributed by atoms with Crippen LogP contribution in [0.2, 0.25) is 0 Å². The maximum Gasteiger partial charge on any atom is 0.259 e. The summed E-state index contributed by atoms with van der Waals surface area (Å²) in [6, 6.07) is 9.39. The van der Waals surface area contributed by atoms with Gasteiger partial charge in [-0.2, -0.15) is 0 Å². The summed E-state index contributed by atoms with van der Waals surface area (Å²) in [4.78, 5) is 21.5. The van der Waals surface area contributed by atoms with E-state index in [1.54, 1.807) is 33.5 Å². The highest BCUT2D eigenvalue weighted by molar-refractivity contribution is 5.77. The molecule has 24 heavy (non-hydrogen) atoms. The minimum atomic E-state index is -0.0785. The molecule has 1 amide bonds. The molecule has 0 atom stereocenters. The lowest BCUT2D eigenvalue weighted by molar-refractivity contribution is -0.130. The minimum absolute atomic E-state index is 0.0240. The van der Waals surface area contributed by atoms with Gasteiger partial charge < -0.3 is 19.7 Å². The largest absolute Gasteiger partial charge is 0.484 e. The summed E-state index contributed by atoms with van der Waals surface area (Å²) in [5.41, 5.74) is 1.02. The van der Waals surface area contributed by atoms with Crippen molar-refractivity contribution in [3.05, 3.63) is 47.9 Å². The number of amides is 1. The maximum absolute atomic E-state index is 11.6. The predicted octanol–water partition coefficient (Wildman–Crippen LogP) is 1.70. The Labute approximate surface area is 141 Å². The quantitative estimate of drug-likeness (QED) is 0.794. The zero-order valence-electron chi connectivity index (χ0n) is 14.2. The number of aromatic nitrogens is 2. The van der Waals surface area contributed by atoms with Gasteiger partial charge in [-0.05, 0) is 23.8 Å². The average molecular weight is 330 g/mol. The second-order valence-electron chi connectivity index (χ2n) is 5.37. The maximum atomic E-state index is 11.6. The Morgan fingerprint density at radius 2 is 2.12 bits per heavy atom. The van der Waals surface area contributed by atoms with E-state index in [-0.39, 0.29) is 12.5 Å². The summed E-state index contributed by atoms with van der Waals surface area (Å²) in [7, 11) is 5.01. The van der Waals surface area contributed by atoms with E-state index in [1.807, 2.05) is 24.3 Å². The first-order chi connectivity index (χ1) is 11.6. The third-order valence-corrected chi connectivity index (χ3v) is 3.21. The number of nitrogens with zero attached hydrogens (tertiary/aromatic N) is 3. The van der Waals surface area contributed by atoms with Crippen LogP contribution in [0.1, 0.15) is 11.4 Å². The summed E-state index contributed by atoms with van der Waals surface area (Å²) in [6.07, 6.45) is 1.69. The molecule has 0 bridgehead atoms. The molecule has 128 valence electrons. The van der Waals surface area contributed by atoms with Gasteiger partial charge in [0, 0.05) is 33.9 Å². The van der Waals surface area contributed by atoms with Crippen molar-refractivity contribution < 1.29 is 14.3 Å². The van der Waals surface area contributed by atoms with Crippen molar-refractivity contribution in [1.29, 1.82) is 0 Å². The average Bonchev–Trinajstić information content (AvgIpc) is 2.59. The molecule has 0 unspecified atom stereocenters. The van der Waals surface area contributed by atoms with Crippen LogP contribution in [0.3, 0.4) is 0 Å². The number of hydrogen-bond donors (Lipinski definition) is 1. The molecule has 2 rings (SSSR count). The fraction of sp³-hybridized carbons (Fsp3) is 0.353. The predicted molar refractivity (Wildman–Crippen MR) is 90.7 cm³/mol. The van der Waals surface area contributed by atoms with Crippen molar-refractivity contribution in [2.75, 3.05) is 33.1 Å². The standard InChI is InChI=1S/C17H22N4O3/c1-21(2)17(22)12-24-14-6-4-5-13(9-14)10-19-15-7-8-18-16(20-15)11-23-3/h4-9H,10-12H2,1-3H3,(H,18,19,20). The van der Waals surface area contributed by atoms with Crippen molar-refractivity contribution in [3.8, 4) is 5.75 Å². The highest BCUT2D eigenvalue weighted by Crippen LogP contribution is 2.15. The number of methoxy groups -OCH3 is 1. The molecule has 0 aliphatic carbocycles. The first-order valence-corrected chi connectivity index (χ1v) is 7.55. The van der Waals surface area contributed by atoms with Crippen LogP contribution in [0.4, 0.5) is 5.82 Å². The van der Waals surface area contributed by atoms with Gasteiger partial charge >= 0.3 is 0 Å². The summed E-state index contributed by atoms with van der Waals surface area (Å²) in [6.45, 7) is 0.983. The molecule has 0 radical (unpaired) electrons. The summed E-state index contributed by atoms with van der Waals surface area (Å²) in [5, 5.41) is 3.23. The van der Waals surface area contributed by atoms with Crippen molar-refractivity contribution in [2.24, 2.45) is 0 Å². The molecule has 0 saturated carbocycles. The highest BCUT2D eigenvalue weighted by Gasteiger charge is 2.05. The van der Waals surface area contributed by atoms with Crippen LogP contribution in [0.5, 0.6) is 5.75 Å². The molecule has 1 N–H and O–H groups in total. The fourth-order valence-corrected chi connectivity index (χ4v) is 1.91. The van der Waals surface area contributed by atoms with Crippen LogP contribution in [0.25, 0.3) is 0 Å². The van der Waals surface area contributed by atoms with Gasteiger partial charge in [-0.1, -0.05) is 12.1 Å². The Morgan fingerprint density at radius 1 is 1.29 bits per heavy atom. The molecule has 0 fully saturated rings. The number of rotatable bonds is 8. The monoisotopic (exact) mass is 330 g/mol. The lowest BCUT2D eigenvalue weighted by Gasteiger charge is -2.12. The van der Waals surface area contributed by atoms with Crippen LogP contribution >= 0.6 is 0 Å². The van der Waals surface area contributed by atoms with Crippen molar-refractivity contribution in [2.45, 2.75) is 13.2 Å². The van der Waals surface area contributed by atoms with E-state index < -0.39 is 0 Å². The molecule has 1 heterocycles. The molecule has 0 saturated heterocycles. The number of carbonyl (C=O) groups excluding carboxylic acids is 1. The number of ether oxygens (including phenoxy) is 2. The van der Waals surface area contributed by atoms with E-state index in [0.29, 0.717) is 24.7 Å². The molecule has 0 spiro atoms. The van der Waals surface area contributed by atoms with E-state index in [0.717, 1.165) is 11.4 Å². The first kappa shape index (κ1) is 17.7. The lowest BCUT2D eigenvalue weighted by atomic mass is 10.2. The fourth-order valence-electron chi connectivity index (χ4n) is 1.91. The van der Waals surface area contributed by atoms with Gasteiger partial charge in [-0.15, -0.1) is 0 Å². The Kier molecular flexibility index (Phi) is 6.51. The molecule has 1 aromatic carbocycles. The van der Waals surface area contributed by atoms with Crippen molar-refractivity contribution in [1.82, 2.24) is 14.9 Å². The Hall–Kier alpha value is -2.67. The number of benzene rings is 1. The lowest BCUT2D eigenvalue weighted by Crippen LogP contribution is -2.27. The zero-order valence-corrected chi connectivity index (χ0v) is 14.2. The van der Waals surface area contributed by atoms with Crippen LogP contribution in [0, 0.1) is 0 Å². The molecule has 0 aliphatic heterocycles. The second kappa shape index (κ2) is 8.83. The molecule has 0 aliphatic rings. The Bertz CT molecular complexity index is 676. The molecule has 7 nitrogen and oxygen atoms in total. The van der Waals surface area contributed by atoms with Crippen LogP contribution in [0.15, 0.2) is 36.5 Å². The van der Waals surface area contributed by atoms with Crippen LogP contribution < -0.4 is 10.1 Å². The van der Waals surface area contributed by atoms with Gasteiger partial charge in [-0.3, -0.25) is 4.79 Å². The zero-order chi connectivity index (χ0) is 17.4. The minimum Gasteiger partial charge on any atom is -0.484 e. The third-order valence-electron chi connectivity index (χ3n) is 3.21. The van der Waals surface area contributed by atoms with Crippen molar-refractivity contribution in [3.63, 3.8) is 0 Å². The van der Waals surface area contributed by atoms with Gasteiger partial charge in [0.15, 0.2) is 12.4 Å². The van der Waals surface area contributed by atoms with E-state index in [4.69, 9.17) is 9.47 Å². The number of anilines is 1. The molecule has 2 aromatic rings. The normalized spacial score (nSPS) is 10.3. The van der Waals surface area contributed by atoms with Gasteiger partial charge in [0.25, 0.3) is 5.91 Å². The third kappa shape index (κ3) is 5.51. The van der Waals surface area contributed by atoms with Crippen molar-refractivity contribution >= 4 is 11.7 Å². The summed E-state index contributed by atoms with van der Waals surface area (Å²) in [5.74, 6) is 1.94. The van der Waals surface area contributed by atoms with Gasteiger partial charge in [0.1, 0.15) is 18.2 Å². The molecule has 1 aromatic heterocycles. The van der Waals surface area contributed by atoms with Gasteiger partial charge in [0.2, 0.25) is 0 Å². The second-order valence-corrected chi connectivity index (χ2v) is 5.37. The number of hydrogen-bond acceptors (Lipinski definition) is 6. The highest BCUT2D eigenvalue weighted by atomic mass is 16.5. The van der Waals surface area contributed by atoms with E-state index >= 15 is 0 Å². The summed E-state index contributed by atoms with van der Waals surface area (Å²) < 4.78 is 10.5. The smallest absolute Gasteiger partial charge is 0.259 e. The number of likely N-dealkylation sites (N-methyl/N-ethyl adjacent to an activating group) is 1. The number of carbonyl (C=O) groups is 1. The van der Waals surface area contributed by atoms with Crippen LogP contribution in [-0.4, -0.2) is 48.6 Å². The molecular formula is C17H22N4O3. The van der Waals surface area contributed by atoms with Gasteiger partial charge in [0.05, 0.1) is 0 Å². The van der Waals surface area contributed by atoms with E-state index in [2.05, 4.69) is 15.3 Å². The SMILES string of the molecule is COCc1nccc(NCc2cccc(OCC(=O)N(C)C)c2)n1. The van der Waals surface area contributed by atoms with E-state index in [1.165, 1.54) is 4.90 Å². The Morgan fingerprint density at radius 3 is 2.88 bits per heavy atom. The number of nitrogens with one attached hydrogen (secondary N) is 1. The topological polar surface area (TPSA) is 76.6 Å². The molecule has 7 heteroatoms. The summed E-state index contributed by atoms with van der Waals surface area (Å²) >= 11 is 0. The first-order valence-electron chi connectivity index (χ1n) is 7.55.